The highest BCUT2D eigenvalue weighted by atomic mass is 15.1. The second-order valence-corrected chi connectivity index (χ2v) is 3.21. The summed E-state index contributed by atoms with van der Waals surface area (Å²) in [4.78, 5) is 1.69. The van der Waals surface area contributed by atoms with Crippen molar-refractivity contribution in [3.05, 3.63) is 0 Å². The molecular formula is C7H18N2+2. The molecule has 0 aromatic rings. The summed E-state index contributed by atoms with van der Waals surface area (Å²) in [5, 5.41) is 0. The van der Waals surface area contributed by atoms with Gasteiger partial charge in [-0.2, -0.15) is 0 Å². The van der Waals surface area contributed by atoms with Gasteiger partial charge in [0.2, 0.25) is 0 Å². The van der Waals surface area contributed by atoms with Crippen molar-refractivity contribution in [1.29, 1.82) is 0 Å². The van der Waals surface area contributed by atoms with E-state index in [-0.39, 0.29) is 0 Å². The fraction of sp³-hybridized carbons (Fsp3) is 1.00. The van der Waals surface area contributed by atoms with Gasteiger partial charge in [0.1, 0.15) is 0 Å². The van der Waals surface area contributed by atoms with Gasteiger partial charge in [0.05, 0.1) is 32.6 Å². The third kappa shape index (κ3) is 1.95. The topological polar surface area (TPSA) is 32.1 Å². The van der Waals surface area contributed by atoms with E-state index in [1.165, 1.54) is 25.9 Å². The number of quaternary nitrogens is 2. The summed E-state index contributed by atoms with van der Waals surface area (Å²) < 4.78 is 0. The van der Waals surface area contributed by atoms with E-state index in [9.17, 15) is 0 Å². The van der Waals surface area contributed by atoms with Crippen molar-refractivity contribution in [1.82, 2.24) is 0 Å². The first-order valence-electron chi connectivity index (χ1n) is 3.93. The molecule has 54 valence electrons. The number of hydrogen-bond donors (Lipinski definition) is 2. The lowest BCUT2D eigenvalue weighted by Gasteiger charge is -2.24. The molecule has 1 aliphatic rings. The Morgan fingerprint density at radius 2 is 2.44 bits per heavy atom. The molecule has 1 rings (SSSR count). The maximum atomic E-state index is 3.93. The summed E-state index contributed by atoms with van der Waals surface area (Å²) in [5.41, 5.74) is 3.93. The quantitative estimate of drug-likeness (QED) is 0.418. The zero-order chi connectivity index (χ0) is 6.69. The number of nitrogens with one attached hydrogen (secondary N) is 1. The van der Waals surface area contributed by atoms with Gasteiger partial charge in [0, 0.05) is 0 Å². The third-order valence-electron chi connectivity index (χ3n) is 2.26. The molecule has 2 nitrogen and oxygen atoms in total. The molecule has 0 aliphatic carbocycles. The van der Waals surface area contributed by atoms with Gasteiger partial charge in [-0.25, -0.2) is 0 Å². The lowest BCUT2D eigenvalue weighted by molar-refractivity contribution is -0.889. The SMILES string of the molecule is C[NH+]1CCC[C@H](C[NH3+])C1. The first-order chi connectivity index (χ1) is 4.33. The van der Waals surface area contributed by atoms with Crippen LogP contribution in [-0.2, 0) is 0 Å². The molecule has 0 spiro atoms. The highest BCUT2D eigenvalue weighted by molar-refractivity contribution is 4.57. The van der Waals surface area contributed by atoms with E-state index in [0.29, 0.717) is 0 Å². The van der Waals surface area contributed by atoms with E-state index in [1.54, 1.807) is 4.90 Å². The van der Waals surface area contributed by atoms with Crippen LogP contribution in [0.25, 0.3) is 0 Å². The smallest absolute Gasteiger partial charge is 0.0852 e. The molecule has 2 heteroatoms. The average Bonchev–Trinajstić information content (AvgIpc) is 1.88. The van der Waals surface area contributed by atoms with Gasteiger partial charge in [-0.15, -0.1) is 0 Å². The van der Waals surface area contributed by atoms with Crippen molar-refractivity contribution in [2.24, 2.45) is 5.92 Å². The highest BCUT2D eigenvalue weighted by Crippen LogP contribution is 2.02. The molecule has 0 bridgehead atoms. The normalized spacial score (nSPS) is 36.7. The van der Waals surface area contributed by atoms with Crippen molar-refractivity contribution in [2.45, 2.75) is 12.8 Å². The van der Waals surface area contributed by atoms with Gasteiger partial charge in [0.25, 0.3) is 0 Å². The molecule has 1 unspecified atom stereocenters. The molecule has 0 aromatic carbocycles. The minimum absolute atomic E-state index is 0.916. The van der Waals surface area contributed by atoms with Gasteiger partial charge >= 0.3 is 0 Å². The van der Waals surface area contributed by atoms with Crippen LogP contribution < -0.4 is 10.6 Å². The molecule has 1 fully saturated rings. The molecule has 1 heterocycles. The zero-order valence-corrected chi connectivity index (χ0v) is 6.32. The number of likely N-dealkylation sites (tertiary alicyclic amines) is 1. The maximum absolute atomic E-state index is 3.93. The van der Waals surface area contributed by atoms with Crippen LogP contribution in [0.4, 0.5) is 0 Å². The minimum atomic E-state index is 0.916. The first kappa shape index (κ1) is 7.03. The highest BCUT2D eigenvalue weighted by Gasteiger charge is 2.19. The van der Waals surface area contributed by atoms with Crippen LogP contribution in [0.1, 0.15) is 12.8 Å². The van der Waals surface area contributed by atoms with E-state index >= 15 is 0 Å². The summed E-state index contributed by atoms with van der Waals surface area (Å²) in [6, 6.07) is 0. The standard InChI is InChI=1S/C7H16N2/c1-9-4-2-3-7(5-8)6-9/h7H,2-6,8H2,1H3/p+2/t7-/m1/s1. The fourth-order valence-corrected chi connectivity index (χ4v) is 1.64. The Hall–Kier alpha value is -0.0800. The van der Waals surface area contributed by atoms with E-state index in [4.69, 9.17) is 0 Å². The Bertz CT molecular complexity index is 83.0. The molecule has 9 heavy (non-hydrogen) atoms. The Morgan fingerprint density at radius 3 is 2.89 bits per heavy atom. The van der Waals surface area contributed by atoms with Crippen LogP contribution in [0.2, 0.25) is 0 Å². The summed E-state index contributed by atoms with van der Waals surface area (Å²) >= 11 is 0. The predicted octanol–water partition coefficient (Wildman–Crippen LogP) is -1.85. The fourth-order valence-electron chi connectivity index (χ4n) is 1.64. The van der Waals surface area contributed by atoms with Crippen LogP contribution in [0.15, 0.2) is 0 Å². The van der Waals surface area contributed by atoms with E-state index in [0.717, 1.165) is 12.5 Å². The van der Waals surface area contributed by atoms with Crippen LogP contribution in [0, 0.1) is 5.92 Å². The van der Waals surface area contributed by atoms with Crippen molar-refractivity contribution in [3.8, 4) is 0 Å². The van der Waals surface area contributed by atoms with Crippen molar-refractivity contribution in [2.75, 3.05) is 26.7 Å². The predicted molar refractivity (Wildman–Crippen MR) is 37.1 cm³/mol. The van der Waals surface area contributed by atoms with Crippen LogP contribution in [0.3, 0.4) is 0 Å². The molecule has 4 N–H and O–H groups in total. The number of hydrogen-bond acceptors (Lipinski definition) is 0. The van der Waals surface area contributed by atoms with Gasteiger partial charge in [-0.3, -0.25) is 0 Å². The summed E-state index contributed by atoms with van der Waals surface area (Å²) in [6.45, 7) is 3.86. The lowest BCUT2D eigenvalue weighted by Crippen LogP contribution is -3.11. The molecular weight excluding hydrogens is 112 g/mol. The van der Waals surface area contributed by atoms with E-state index in [1.807, 2.05) is 0 Å². The van der Waals surface area contributed by atoms with Crippen LogP contribution in [0.5, 0.6) is 0 Å². The molecule has 0 radical (unpaired) electrons. The lowest BCUT2D eigenvalue weighted by atomic mass is 9.99. The van der Waals surface area contributed by atoms with Gasteiger partial charge < -0.3 is 10.6 Å². The second kappa shape index (κ2) is 3.18. The summed E-state index contributed by atoms with van der Waals surface area (Å²) in [7, 11) is 2.28. The Kier molecular flexibility index (Phi) is 2.49. The molecule has 2 atom stereocenters. The average molecular weight is 130 g/mol. The first-order valence-corrected chi connectivity index (χ1v) is 3.93. The van der Waals surface area contributed by atoms with Gasteiger partial charge in [-0.1, -0.05) is 0 Å². The van der Waals surface area contributed by atoms with Crippen molar-refractivity contribution < 1.29 is 10.6 Å². The Morgan fingerprint density at radius 1 is 1.67 bits per heavy atom. The minimum Gasteiger partial charge on any atom is -0.357 e. The van der Waals surface area contributed by atoms with E-state index < -0.39 is 0 Å². The third-order valence-corrected chi connectivity index (χ3v) is 2.26. The van der Waals surface area contributed by atoms with Crippen molar-refractivity contribution in [3.63, 3.8) is 0 Å². The molecule has 0 saturated carbocycles. The Balaban J connectivity index is 2.23. The molecule has 0 amide bonds. The van der Waals surface area contributed by atoms with Crippen LogP contribution in [-0.4, -0.2) is 26.7 Å². The van der Waals surface area contributed by atoms with E-state index in [2.05, 4.69) is 12.8 Å². The summed E-state index contributed by atoms with van der Waals surface area (Å²) in [5.74, 6) is 0.916. The summed E-state index contributed by atoms with van der Waals surface area (Å²) in [6.07, 6.45) is 2.83. The Labute approximate surface area is 57.0 Å². The molecule has 1 saturated heterocycles. The second-order valence-electron chi connectivity index (χ2n) is 3.21. The number of rotatable bonds is 1. The zero-order valence-electron chi connectivity index (χ0n) is 6.32. The largest absolute Gasteiger partial charge is 0.357 e. The number of piperidine rings is 1. The van der Waals surface area contributed by atoms with Gasteiger partial charge in [0.15, 0.2) is 0 Å². The van der Waals surface area contributed by atoms with Crippen molar-refractivity contribution >= 4 is 0 Å². The molecule has 0 aromatic heterocycles. The van der Waals surface area contributed by atoms with Gasteiger partial charge in [-0.05, 0) is 12.8 Å². The van der Waals surface area contributed by atoms with Crippen LogP contribution >= 0.6 is 0 Å². The monoisotopic (exact) mass is 130 g/mol. The maximum Gasteiger partial charge on any atom is 0.0852 e. The molecule has 1 aliphatic heterocycles.